The first kappa shape index (κ1) is 21.1. The lowest BCUT2D eigenvalue weighted by molar-refractivity contribution is -0.140. The highest BCUT2D eigenvalue weighted by Gasteiger charge is 2.41. The van der Waals surface area contributed by atoms with Gasteiger partial charge in [0.05, 0.1) is 6.61 Å². The lowest BCUT2D eigenvalue weighted by atomic mass is 10.0. The van der Waals surface area contributed by atoms with Crippen LogP contribution in [0.5, 0.6) is 5.75 Å². The number of hydrogen-bond acceptors (Lipinski definition) is 4. The molecule has 0 aromatic heterocycles. The van der Waals surface area contributed by atoms with Gasteiger partial charge in [-0.3, -0.25) is 4.79 Å². The van der Waals surface area contributed by atoms with Gasteiger partial charge < -0.3 is 19.7 Å². The van der Waals surface area contributed by atoms with Gasteiger partial charge >= 0.3 is 0 Å². The topological polar surface area (TPSA) is 50.8 Å². The molecule has 1 aliphatic carbocycles. The van der Waals surface area contributed by atoms with Crippen LogP contribution in [0.15, 0.2) is 24.3 Å². The molecule has 156 valence electrons. The Morgan fingerprint density at radius 1 is 1.21 bits per heavy atom. The predicted molar refractivity (Wildman–Crippen MR) is 113 cm³/mol. The quantitative estimate of drug-likeness (QED) is 0.634. The predicted octanol–water partition coefficient (Wildman–Crippen LogP) is 4.48. The van der Waals surface area contributed by atoms with Crippen LogP contribution >= 0.6 is 0 Å². The number of carbonyl (C=O) groups is 1. The molecule has 1 aromatic carbocycles. The Kier molecular flexibility index (Phi) is 7.74. The molecule has 1 atom stereocenters. The summed E-state index contributed by atoms with van der Waals surface area (Å²) in [6.45, 7) is 9.13. The van der Waals surface area contributed by atoms with Gasteiger partial charge in [0.2, 0.25) is 0 Å². The molecule has 2 fully saturated rings. The zero-order valence-corrected chi connectivity index (χ0v) is 17.5. The van der Waals surface area contributed by atoms with E-state index >= 15 is 0 Å². The number of amides is 1. The number of ether oxygens (including phenoxy) is 2. The normalized spacial score (nSPS) is 22.1. The van der Waals surface area contributed by atoms with Crippen LogP contribution in [0.25, 0.3) is 0 Å². The van der Waals surface area contributed by atoms with Gasteiger partial charge in [0.1, 0.15) is 11.4 Å². The third-order valence-corrected chi connectivity index (χ3v) is 5.99. The van der Waals surface area contributed by atoms with Crippen LogP contribution in [0.3, 0.4) is 0 Å². The van der Waals surface area contributed by atoms with Gasteiger partial charge in [-0.15, -0.1) is 0 Å². The maximum absolute atomic E-state index is 12.7. The number of carbonyl (C=O) groups excluding carboxylic acids is 1. The Bertz CT molecular complexity index is 611. The fourth-order valence-electron chi connectivity index (χ4n) is 4.51. The lowest BCUT2D eigenvalue weighted by Crippen LogP contribution is -2.43. The zero-order valence-electron chi connectivity index (χ0n) is 17.5. The summed E-state index contributed by atoms with van der Waals surface area (Å²) in [5, 5.41) is 3.02. The highest BCUT2D eigenvalue weighted by molar-refractivity contribution is 5.97. The maximum atomic E-state index is 12.7. The standard InChI is InChI=1S/C23H36N2O3/c1-3-28-23(13-4-5-14-23)22(26)24-20-9-11-21(12-10-20)27-17-7-16-25-15-6-8-19(2)18-25/h9-12,19H,3-8,13-18H2,1-2H3,(H,24,26). The largest absolute Gasteiger partial charge is 0.494 e. The van der Waals surface area contributed by atoms with E-state index in [0.29, 0.717) is 6.61 Å². The van der Waals surface area contributed by atoms with Gasteiger partial charge in [-0.1, -0.05) is 6.92 Å². The van der Waals surface area contributed by atoms with Crippen molar-refractivity contribution >= 4 is 11.6 Å². The molecule has 2 aliphatic rings. The van der Waals surface area contributed by atoms with E-state index < -0.39 is 5.60 Å². The average molecular weight is 389 g/mol. The molecule has 1 unspecified atom stereocenters. The second-order valence-electron chi connectivity index (χ2n) is 8.36. The van der Waals surface area contributed by atoms with Crippen molar-refractivity contribution in [3.63, 3.8) is 0 Å². The van der Waals surface area contributed by atoms with E-state index in [1.165, 1.54) is 25.9 Å². The number of benzene rings is 1. The molecule has 5 heteroatoms. The van der Waals surface area contributed by atoms with Crippen LogP contribution in [0.2, 0.25) is 0 Å². The average Bonchev–Trinajstić information content (AvgIpc) is 3.17. The first-order chi connectivity index (χ1) is 13.6. The molecule has 0 bridgehead atoms. The van der Waals surface area contributed by atoms with Crippen LogP contribution < -0.4 is 10.1 Å². The molecule has 1 saturated carbocycles. The Labute approximate surface area is 169 Å². The van der Waals surface area contributed by atoms with E-state index in [4.69, 9.17) is 9.47 Å². The molecule has 3 rings (SSSR count). The van der Waals surface area contributed by atoms with Crippen LogP contribution in [0.4, 0.5) is 5.69 Å². The Balaban J connectivity index is 1.41. The molecule has 1 aromatic rings. The van der Waals surface area contributed by atoms with Crippen molar-refractivity contribution in [2.75, 3.05) is 38.2 Å². The Morgan fingerprint density at radius 3 is 2.64 bits per heavy atom. The lowest BCUT2D eigenvalue weighted by Gasteiger charge is -2.30. The first-order valence-electron chi connectivity index (χ1n) is 11.0. The third-order valence-electron chi connectivity index (χ3n) is 5.99. The van der Waals surface area contributed by atoms with Gasteiger partial charge in [-0.2, -0.15) is 0 Å². The molecule has 28 heavy (non-hydrogen) atoms. The second-order valence-corrected chi connectivity index (χ2v) is 8.36. The van der Waals surface area contributed by atoms with Crippen molar-refractivity contribution in [1.29, 1.82) is 0 Å². The molecular formula is C23H36N2O3. The third kappa shape index (κ3) is 5.71. The van der Waals surface area contributed by atoms with Gasteiger partial charge in [0.25, 0.3) is 5.91 Å². The summed E-state index contributed by atoms with van der Waals surface area (Å²) in [5.41, 5.74) is 0.154. The van der Waals surface area contributed by atoms with Crippen LogP contribution in [0.1, 0.15) is 58.8 Å². The van der Waals surface area contributed by atoms with E-state index in [0.717, 1.165) is 62.6 Å². The van der Waals surface area contributed by atoms with Crippen molar-refractivity contribution < 1.29 is 14.3 Å². The highest BCUT2D eigenvalue weighted by atomic mass is 16.5. The van der Waals surface area contributed by atoms with Crippen molar-refractivity contribution in [3.05, 3.63) is 24.3 Å². The minimum Gasteiger partial charge on any atom is -0.494 e. The van der Waals surface area contributed by atoms with Crippen LogP contribution in [-0.2, 0) is 9.53 Å². The SMILES string of the molecule is CCOC1(C(=O)Nc2ccc(OCCCN3CCCC(C)C3)cc2)CCCC1. The number of anilines is 1. The molecule has 1 saturated heterocycles. The molecule has 1 aliphatic heterocycles. The summed E-state index contributed by atoms with van der Waals surface area (Å²) in [6, 6.07) is 7.68. The van der Waals surface area contributed by atoms with Crippen LogP contribution in [0, 0.1) is 5.92 Å². The second kappa shape index (κ2) is 10.3. The fraction of sp³-hybridized carbons (Fsp3) is 0.696. The van der Waals surface area contributed by atoms with Crippen molar-refractivity contribution in [2.24, 2.45) is 5.92 Å². The molecule has 1 N–H and O–H groups in total. The fourth-order valence-corrected chi connectivity index (χ4v) is 4.51. The summed E-state index contributed by atoms with van der Waals surface area (Å²) in [6.07, 6.45) is 7.45. The summed E-state index contributed by atoms with van der Waals surface area (Å²) in [7, 11) is 0. The highest BCUT2D eigenvalue weighted by Crippen LogP contribution is 2.34. The molecular weight excluding hydrogens is 352 g/mol. The van der Waals surface area contributed by atoms with E-state index in [9.17, 15) is 4.79 Å². The van der Waals surface area contributed by atoms with Gasteiger partial charge in [0, 0.05) is 25.4 Å². The first-order valence-corrected chi connectivity index (χ1v) is 11.0. The number of nitrogens with one attached hydrogen (secondary N) is 1. The van der Waals surface area contributed by atoms with E-state index in [-0.39, 0.29) is 5.91 Å². The van der Waals surface area contributed by atoms with E-state index in [1.807, 2.05) is 31.2 Å². The number of likely N-dealkylation sites (tertiary alicyclic amines) is 1. The number of piperidine rings is 1. The van der Waals surface area contributed by atoms with E-state index in [1.54, 1.807) is 0 Å². The Hall–Kier alpha value is -1.59. The monoisotopic (exact) mass is 388 g/mol. The van der Waals surface area contributed by atoms with Crippen molar-refractivity contribution in [2.45, 2.75) is 64.4 Å². The van der Waals surface area contributed by atoms with Crippen LogP contribution in [-0.4, -0.2) is 49.3 Å². The minimum absolute atomic E-state index is 0.0173. The molecule has 1 amide bonds. The van der Waals surface area contributed by atoms with E-state index in [2.05, 4.69) is 17.1 Å². The van der Waals surface area contributed by atoms with Crippen molar-refractivity contribution in [3.8, 4) is 5.75 Å². The minimum atomic E-state index is -0.643. The van der Waals surface area contributed by atoms with Gasteiger partial charge in [-0.25, -0.2) is 0 Å². The molecule has 0 radical (unpaired) electrons. The molecule has 5 nitrogen and oxygen atoms in total. The summed E-state index contributed by atoms with van der Waals surface area (Å²) >= 11 is 0. The summed E-state index contributed by atoms with van der Waals surface area (Å²) in [4.78, 5) is 15.3. The number of nitrogens with zero attached hydrogens (tertiary/aromatic N) is 1. The number of rotatable bonds is 9. The van der Waals surface area contributed by atoms with Crippen molar-refractivity contribution in [1.82, 2.24) is 4.90 Å². The van der Waals surface area contributed by atoms with Gasteiger partial charge in [0.15, 0.2) is 0 Å². The summed E-state index contributed by atoms with van der Waals surface area (Å²) < 4.78 is 11.7. The molecule has 1 heterocycles. The smallest absolute Gasteiger partial charge is 0.256 e. The number of hydrogen-bond donors (Lipinski definition) is 1. The maximum Gasteiger partial charge on any atom is 0.256 e. The van der Waals surface area contributed by atoms with Gasteiger partial charge in [-0.05, 0) is 88.6 Å². The molecule has 0 spiro atoms. The zero-order chi connectivity index (χ0) is 19.8. The Morgan fingerprint density at radius 2 is 1.96 bits per heavy atom. The summed E-state index contributed by atoms with van der Waals surface area (Å²) in [5.74, 6) is 1.66.